The molecule has 0 radical (unpaired) electrons. The van der Waals surface area contributed by atoms with E-state index in [1.165, 1.54) is 6.92 Å². The summed E-state index contributed by atoms with van der Waals surface area (Å²) in [5.74, 6) is -0.277. The molecular formula is C29H35F4N7O3S. The van der Waals surface area contributed by atoms with Crippen LogP contribution in [0.3, 0.4) is 0 Å². The highest BCUT2D eigenvalue weighted by atomic mass is 32.2. The first-order valence-electron chi connectivity index (χ1n) is 15.0. The Balaban J connectivity index is 1.29. The number of ether oxygens (including phenoxy) is 1. The predicted molar refractivity (Wildman–Crippen MR) is 154 cm³/mol. The fraction of sp³-hybridized carbons (Fsp3) is 0.621. The fourth-order valence-corrected chi connectivity index (χ4v) is 9.78. The molecule has 0 aromatic carbocycles. The second-order valence-electron chi connectivity index (χ2n) is 12.9. The van der Waals surface area contributed by atoms with Crippen LogP contribution in [0.4, 0.5) is 29.2 Å². The molecule has 7 rings (SSSR count). The molecule has 4 atom stereocenters. The van der Waals surface area contributed by atoms with E-state index in [-0.39, 0.29) is 48.0 Å². The molecule has 2 unspecified atom stereocenters. The third-order valence-electron chi connectivity index (χ3n) is 9.89. The van der Waals surface area contributed by atoms with Gasteiger partial charge in [0.2, 0.25) is 0 Å². The standard InChI is InChI=1S/C29H35F4N7O3S/c1-16-7-23(34)37-25(24(16)29(31,32)33)22-8-21-20(14-44(22,41)42)26(39-12-18-3-4-19(13-39)35-18)38-27(36-21)43-15-28-5-2-6-40(28)11-17(9-28)10-30/h7,10,18-19,22,35H,2-6,8-9,11-15H2,1H3,(H2,34,37)/t18?,19?,22-,28-/m0/s1. The lowest BCUT2D eigenvalue weighted by Gasteiger charge is -2.37. The first-order chi connectivity index (χ1) is 20.8. The Morgan fingerprint density at radius 2 is 1.95 bits per heavy atom. The number of hydrogen-bond donors (Lipinski definition) is 2. The molecule has 3 N–H and O–H groups in total. The highest BCUT2D eigenvalue weighted by molar-refractivity contribution is 7.91. The number of hydrogen-bond acceptors (Lipinski definition) is 10. The Bertz CT molecular complexity index is 1620. The van der Waals surface area contributed by atoms with Crippen molar-refractivity contribution in [2.75, 3.05) is 43.4 Å². The largest absolute Gasteiger partial charge is 0.461 e. The number of pyridine rings is 1. The number of nitrogens with two attached hydrogens (primary N) is 1. The van der Waals surface area contributed by atoms with Crippen LogP contribution in [-0.4, -0.2) is 78.7 Å². The number of sulfone groups is 1. The molecule has 5 aliphatic rings. The van der Waals surface area contributed by atoms with Gasteiger partial charge in [-0.1, -0.05) is 0 Å². The molecular weight excluding hydrogens is 602 g/mol. The maximum atomic E-state index is 14.2. The summed E-state index contributed by atoms with van der Waals surface area (Å²) in [7, 11) is -4.17. The maximum Gasteiger partial charge on any atom is 0.418 e. The second kappa shape index (κ2) is 10.5. The zero-order valence-electron chi connectivity index (χ0n) is 24.3. The van der Waals surface area contributed by atoms with Crippen LogP contribution in [-0.2, 0) is 28.2 Å². The molecule has 0 spiro atoms. The van der Waals surface area contributed by atoms with Gasteiger partial charge in [0.05, 0.1) is 34.6 Å². The van der Waals surface area contributed by atoms with Gasteiger partial charge in [-0.15, -0.1) is 0 Å². The zero-order valence-corrected chi connectivity index (χ0v) is 25.1. The van der Waals surface area contributed by atoms with E-state index >= 15 is 0 Å². The molecule has 4 saturated heterocycles. The van der Waals surface area contributed by atoms with Crippen molar-refractivity contribution in [3.05, 3.63) is 46.0 Å². The van der Waals surface area contributed by atoms with E-state index < -0.39 is 38.3 Å². The Morgan fingerprint density at radius 3 is 2.66 bits per heavy atom. The molecule has 2 bridgehead atoms. The number of aryl methyl sites for hydroxylation is 1. The number of nitrogens with one attached hydrogen (secondary N) is 1. The van der Waals surface area contributed by atoms with Gasteiger partial charge in [-0.05, 0) is 62.8 Å². The number of anilines is 2. The number of piperazine rings is 1. The molecule has 44 heavy (non-hydrogen) atoms. The van der Waals surface area contributed by atoms with Crippen molar-refractivity contribution in [2.45, 2.75) is 80.3 Å². The Kier molecular flexibility index (Phi) is 7.09. The van der Waals surface area contributed by atoms with Crippen molar-refractivity contribution >= 4 is 21.5 Å². The van der Waals surface area contributed by atoms with Crippen LogP contribution in [0.1, 0.15) is 65.4 Å². The lowest BCUT2D eigenvalue weighted by atomic mass is 9.94. The monoisotopic (exact) mass is 637 g/mol. The van der Waals surface area contributed by atoms with Gasteiger partial charge in [-0.25, -0.2) is 17.8 Å². The number of fused-ring (bicyclic) bond motifs is 4. The summed E-state index contributed by atoms with van der Waals surface area (Å²) in [4.78, 5) is 17.6. The van der Waals surface area contributed by atoms with Crippen molar-refractivity contribution < 1.29 is 30.7 Å². The molecule has 2 aromatic heterocycles. The summed E-state index contributed by atoms with van der Waals surface area (Å²) in [6, 6.07) is 1.58. The van der Waals surface area contributed by atoms with Crippen molar-refractivity contribution in [2.24, 2.45) is 0 Å². The topological polar surface area (TPSA) is 127 Å². The molecule has 4 fully saturated rings. The van der Waals surface area contributed by atoms with Crippen LogP contribution in [0.5, 0.6) is 6.01 Å². The van der Waals surface area contributed by atoms with Crippen LogP contribution in [0.2, 0.25) is 0 Å². The molecule has 5 aliphatic heterocycles. The zero-order chi connectivity index (χ0) is 31.0. The van der Waals surface area contributed by atoms with Gasteiger partial charge in [0.15, 0.2) is 9.84 Å². The van der Waals surface area contributed by atoms with Crippen LogP contribution < -0.4 is 20.7 Å². The molecule has 238 valence electrons. The SMILES string of the molecule is Cc1cc(N)nc([C@@H]2Cc3nc(OC[C@@]45CCCN4CC(=CF)C5)nc(N4CC5CCC(C4)N5)c3CS2(=O)=O)c1C(F)(F)F. The average molecular weight is 638 g/mol. The Hall–Kier alpha value is -3.04. The third kappa shape index (κ3) is 5.10. The van der Waals surface area contributed by atoms with Crippen LogP contribution in [0, 0.1) is 6.92 Å². The summed E-state index contributed by atoms with van der Waals surface area (Å²) in [5, 5.41) is 1.96. The van der Waals surface area contributed by atoms with Crippen molar-refractivity contribution in [1.82, 2.24) is 25.2 Å². The summed E-state index contributed by atoms with van der Waals surface area (Å²) >= 11 is 0. The minimum atomic E-state index is -4.83. The first-order valence-corrected chi connectivity index (χ1v) is 16.7. The van der Waals surface area contributed by atoms with Gasteiger partial charge in [0.25, 0.3) is 0 Å². The second-order valence-corrected chi connectivity index (χ2v) is 15.1. The highest BCUT2D eigenvalue weighted by Gasteiger charge is 2.48. The number of halogens is 4. The summed E-state index contributed by atoms with van der Waals surface area (Å²) in [5.41, 5.74) is 4.97. The predicted octanol–water partition coefficient (Wildman–Crippen LogP) is 3.40. The number of rotatable bonds is 5. The number of nitrogen functional groups attached to an aromatic ring is 1. The maximum absolute atomic E-state index is 14.2. The van der Waals surface area contributed by atoms with Crippen LogP contribution in [0.15, 0.2) is 18.0 Å². The Morgan fingerprint density at radius 1 is 1.20 bits per heavy atom. The van der Waals surface area contributed by atoms with Gasteiger partial charge in [0, 0.05) is 43.7 Å². The number of nitrogens with zero attached hydrogens (tertiary/aromatic N) is 5. The van der Waals surface area contributed by atoms with Gasteiger partial charge in [-0.3, -0.25) is 4.90 Å². The van der Waals surface area contributed by atoms with Crippen LogP contribution >= 0.6 is 0 Å². The lowest BCUT2D eigenvalue weighted by molar-refractivity contribution is -0.139. The van der Waals surface area contributed by atoms with Gasteiger partial charge in [-0.2, -0.15) is 23.1 Å². The van der Waals surface area contributed by atoms with Crippen LogP contribution in [0.25, 0.3) is 0 Å². The smallest absolute Gasteiger partial charge is 0.418 e. The van der Waals surface area contributed by atoms with Crippen molar-refractivity contribution in [1.29, 1.82) is 0 Å². The van der Waals surface area contributed by atoms with E-state index in [9.17, 15) is 26.0 Å². The quantitative estimate of drug-likeness (QED) is 0.471. The van der Waals surface area contributed by atoms with Gasteiger partial charge in [0.1, 0.15) is 23.5 Å². The van der Waals surface area contributed by atoms with Gasteiger partial charge < -0.3 is 20.7 Å². The molecule has 0 amide bonds. The first kappa shape index (κ1) is 29.7. The minimum Gasteiger partial charge on any atom is -0.461 e. The number of alkyl halides is 3. The molecule has 0 saturated carbocycles. The Labute approximate surface area is 253 Å². The molecule has 10 nitrogen and oxygen atoms in total. The highest BCUT2D eigenvalue weighted by Crippen LogP contribution is 2.45. The molecule has 15 heteroatoms. The summed E-state index contributed by atoms with van der Waals surface area (Å²) in [6.45, 7) is 4.04. The number of aromatic nitrogens is 3. The summed E-state index contributed by atoms with van der Waals surface area (Å²) in [6.07, 6.45) is -0.212. The van der Waals surface area contributed by atoms with E-state index in [4.69, 9.17) is 15.5 Å². The van der Waals surface area contributed by atoms with E-state index in [1.807, 2.05) is 4.90 Å². The fourth-order valence-electron chi connectivity index (χ4n) is 7.96. The van der Waals surface area contributed by atoms with Crippen molar-refractivity contribution in [3.63, 3.8) is 0 Å². The van der Waals surface area contributed by atoms with Crippen molar-refractivity contribution in [3.8, 4) is 6.01 Å². The van der Waals surface area contributed by atoms with E-state index in [0.717, 1.165) is 38.3 Å². The van der Waals surface area contributed by atoms with E-state index in [2.05, 4.69) is 20.2 Å². The average Bonchev–Trinajstić information content (AvgIpc) is 3.60. The van der Waals surface area contributed by atoms with E-state index in [1.54, 1.807) is 0 Å². The minimum absolute atomic E-state index is 0.0364. The molecule has 7 heterocycles. The normalized spacial score (nSPS) is 30.5. The van der Waals surface area contributed by atoms with Gasteiger partial charge >= 0.3 is 12.2 Å². The molecule has 2 aromatic rings. The lowest BCUT2D eigenvalue weighted by Crippen LogP contribution is -2.52. The summed E-state index contributed by atoms with van der Waals surface area (Å²) < 4.78 is 90.0. The van der Waals surface area contributed by atoms with E-state index in [0.29, 0.717) is 55.0 Å². The third-order valence-corrected chi connectivity index (χ3v) is 11.8. The molecule has 0 aliphatic carbocycles.